The molecule has 0 bridgehead atoms. The number of hydrogen-bond donors (Lipinski definition) is 3. The van der Waals surface area contributed by atoms with Gasteiger partial charge in [-0.05, 0) is 19.3 Å². The van der Waals surface area contributed by atoms with Crippen LogP contribution in [-0.2, 0) is 4.79 Å². The van der Waals surface area contributed by atoms with Crippen molar-refractivity contribution in [2.75, 3.05) is 26.7 Å². The molecule has 0 aromatic rings. The average molecular weight is 243 g/mol. The van der Waals surface area contributed by atoms with Crippen LogP contribution in [0.15, 0.2) is 0 Å². The van der Waals surface area contributed by atoms with Crippen LogP contribution < -0.4 is 10.6 Å². The van der Waals surface area contributed by atoms with Gasteiger partial charge in [-0.15, -0.1) is 0 Å². The lowest BCUT2D eigenvalue weighted by Crippen LogP contribution is -2.48. The van der Waals surface area contributed by atoms with Gasteiger partial charge in [0.25, 0.3) is 0 Å². The van der Waals surface area contributed by atoms with E-state index in [0.717, 1.165) is 12.8 Å². The first-order chi connectivity index (χ1) is 8.17. The monoisotopic (exact) mass is 243 g/mol. The fraction of sp³-hybridized carbons (Fsp3) is 0.818. The van der Waals surface area contributed by atoms with Crippen molar-refractivity contribution in [3.8, 4) is 0 Å². The number of aliphatic hydroxyl groups is 1. The quantitative estimate of drug-likeness (QED) is 0.597. The average Bonchev–Trinajstić information content (AvgIpc) is 2.23. The molecule has 1 saturated carbocycles. The predicted molar refractivity (Wildman–Crippen MR) is 63.5 cm³/mol. The molecule has 1 rings (SSSR count). The second-order valence-electron chi connectivity index (χ2n) is 4.26. The van der Waals surface area contributed by atoms with Crippen LogP contribution in [0.3, 0.4) is 0 Å². The predicted octanol–water partition coefficient (Wildman–Crippen LogP) is -0.321. The molecular weight excluding hydrogens is 222 g/mol. The number of imide groups is 1. The van der Waals surface area contributed by atoms with Crippen molar-refractivity contribution < 1.29 is 14.7 Å². The van der Waals surface area contributed by atoms with Gasteiger partial charge in [0.05, 0.1) is 6.54 Å². The minimum atomic E-state index is -0.481. The molecule has 17 heavy (non-hydrogen) atoms. The highest BCUT2D eigenvalue weighted by atomic mass is 16.3. The molecule has 3 amide bonds. The Bertz CT molecular complexity index is 267. The third-order valence-electron chi connectivity index (χ3n) is 3.02. The van der Waals surface area contributed by atoms with Crippen LogP contribution in [0.25, 0.3) is 0 Å². The molecule has 1 aliphatic rings. The Labute approximate surface area is 101 Å². The van der Waals surface area contributed by atoms with Crippen molar-refractivity contribution in [3.63, 3.8) is 0 Å². The summed E-state index contributed by atoms with van der Waals surface area (Å²) in [5.41, 5.74) is 0. The summed E-state index contributed by atoms with van der Waals surface area (Å²) >= 11 is 0. The summed E-state index contributed by atoms with van der Waals surface area (Å²) < 4.78 is 0. The number of carbonyl (C=O) groups excluding carboxylic acids is 2. The topological polar surface area (TPSA) is 81.7 Å². The molecule has 98 valence electrons. The molecule has 0 spiro atoms. The van der Waals surface area contributed by atoms with Crippen molar-refractivity contribution >= 4 is 11.9 Å². The van der Waals surface area contributed by atoms with Gasteiger partial charge in [-0.2, -0.15) is 0 Å². The van der Waals surface area contributed by atoms with E-state index >= 15 is 0 Å². The van der Waals surface area contributed by atoms with E-state index in [1.54, 1.807) is 0 Å². The minimum absolute atomic E-state index is 0.125. The van der Waals surface area contributed by atoms with Crippen LogP contribution >= 0.6 is 0 Å². The maximum absolute atomic E-state index is 11.6. The van der Waals surface area contributed by atoms with Crippen molar-refractivity contribution in [3.05, 3.63) is 0 Å². The number of urea groups is 1. The highest BCUT2D eigenvalue weighted by Gasteiger charge is 2.26. The molecule has 0 heterocycles. The highest BCUT2D eigenvalue weighted by Crippen LogP contribution is 2.24. The zero-order chi connectivity index (χ0) is 12.7. The summed E-state index contributed by atoms with van der Waals surface area (Å²) in [4.78, 5) is 24.6. The Morgan fingerprint density at radius 2 is 2.12 bits per heavy atom. The summed E-state index contributed by atoms with van der Waals surface area (Å²) in [5, 5.41) is 13.4. The number of hydrogen-bond acceptors (Lipinski definition) is 4. The summed E-state index contributed by atoms with van der Waals surface area (Å²) in [6.45, 7) is 1.04. The summed E-state index contributed by atoms with van der Waals surface area (Å²) in [6.07, 6.45) is 4.04. The van der Waals surface area contributed by atoms with Crippen molar-refractivity contribution in [1.29, 1.82) is 0 Å². The van der Waals surface area contributed by atoms with Crippen molar-refractivity contribution in [2.24, 2.45) is 0 Å². The van der Waals surface area contributed by atoms with Gasteiger partial charge in [0, 0.05) is 26.2 Å². The van der Waals surface area contributed by atoms with Crippen LogP contribution in [0.1, 0.15) is 25.7 Å². The van der Waals surface area contributed by atoms with Gasteiger partial charge < -0.3 is 10.4 Å². The molecule has 0 aliphatic heterocycles. The molecule has 0 aromatic carbocycles. The van der Waals surface area contributed by atoms with Gasteiger partial charge >= 0.3 is 6.03 Å². The van der Waals surface area contributed by atoms with Gasteiger partial charge in [-0.25, -0.2) is 4.79 Å². The third kappa shape index (κ3) is 4.70. The Hall–Kier alpha value is -1.14. The first kappa shape index (κ1) is 13.9. The van der Waals surface area contributed by atoms with Crippen LogP contribution in [-0.4, -0.2) is 54.7 Å². The van der Waals surface area contributed by atoms with Crippen LogP contribution in [0.5, 0.6) is 0 Å². The standard InChI is InChI=1S/C11H21N3O3/c1-12-11(17)13-10(16)8-14(6-3-7-15)9-4-2-5-9/h9,15H,2-8H2,1H3,(H2,12,13,16,17). The lowest BCUT2D eigenvalue weighted by molar-refractivity contribution is -0.122. The fourth-order valence-electron chi connectivity index (χ4n) is 1.83. The van der Waals surface area contributed by atoms with Gasteiger partial charge in [0.2, 0.25) is 5.91 Å². The van der Waals surface area contributed by atoms with E-state index in [-0.39, 0.29) is 19.1 Å². The van der Waals surface area contributed by atoms with Crippen molar-refractivity contribution in [2.45, 2.75) is 31.7 Å². The number of aliphatic hydroxyl groups excluding tert-OH is 1. The molecule has 1 aliphatic carbocycles. The normalized spacial score (nSPS) is 15.5. The molecule has 0 saturated heterocycles. The molecule has 0 aromatic heterocycles. The van der Waals surface area contributed by atoms with E-state index in [1.165, 1.54) is 13.5 Å². The first-order valence-corrected chi connectivity index (χ1v) is 6.04. The molecule has 6 heteroatoms. The second-order valence-corrected chi connectivity index (χ2v) is 4.26. The minimum Gasteiger partial charge on any atom is -0.396 e. The summed E-state index contributed by atoms with van der Waals surface area (Å²) in [5.74, 6) is -0.297. The van der Waals surface area contributed by atoms with E-state index in [9.17, 15) is 9.59 Å². The van der Waals surface area contributed by atoms with Crippen molar-refractivity contribution in [1.82, 2.24) is 15.5 Å². The van der Waals surface area contributed by atoms with Gasteiger partial charge in [-0.1, -0.05) is 6.42 Å². The van der Waals surface area contributed by atoms with Crippen LogP contribution in [0.2, 0.25) is 0 Å². The molecule has 0 unspecified atom stereocenters. The Kier molecular flexibility index (Phi) is 5.93. The Morgan fingerprint density at radius 3 is 2.59 bits per heavy atom. The Balaban J connectivity index is 2.36. The molecule has 0 radical (unpaired) electrons. The molecule has 1 fully saturated rings. The fourth-order valence-corrected chi connectivity index (χ4v) is 1.83. The van der Waals surface area contributed by atoms with Crippen LogP contribution in [0.4, 0.5) is 4.79 Å². The number of amides is 3. The van der Waals surface area contributed by atoms with E-state index < -0.39 is 6.03 Å². The molecule has 3 N–H and O–H groups in total. The number of nitrogens with one attached hydrogen (secondary N) is 2. The number of rotatable bonds is 6. The highest BCUT2D eigenvalue weighted by molar-refractivity contribution is 5.95. The zero-order valence-corrected chi connectivity index (χ0v) is 10.2. The largest absolute Gasteiger partial charge is 0.396 e. The van der Waals surface area contributed by atoms with Gasteiger partial charge in [0.1, 0.15) is 0 Å². The van der Waals surface area contributed by atoms with Gasteiger partial charge in [-0.3, -0.25) is 15.0 Å². The molecule has 6 nitrogen and oxygen atoms in total. The van der Waals surface area contributed by atoms with E-state index in [0.29, 0.717) is 19.0 Å². The van der Waals surface area contributed by atoms with E-state index in [2.05, 4.69) is 10.6 Å². The Morgan fingerprint density at radius 1 is 1.41 bits per heavy atom. The molecular formula is C11H21N3O3. The third-order valence-corrected chi connectivity index (χ3v) is 3.02. The lowest BCUT2D eigenvalue weighted by Gasteiger charge is -2.37. The maximum atomic E-state index is 11.6. The smallest absolute Gasteiger partial charge is 0.321 e. The maximum Gasteiger partial charge on any atom is 0.321 e. The SMILES string of the molecule is CNC(=O)NC(=O)CN(CCCO)C1CCC1. The summed E-state index contributed by atoms with van der Waals surface area (Å²) in [7, 11) is 1.47. The van der Waals surface area contributed by atoms with E-state index in [4.69, 9.17) is 5.11 Å². The zero-order valence-electron chi connectivity index (χ0n) is 10.2. The first-order valence-electron chi connectivity index (χ1n) is 6.04. The number of carbonyl (C=O) groups is 2. The van der Waals surface area contributed by atoms with Gasteiger partial charge in [0.15, 0.2) is 0 Å². The number of nitrogens with zero attached hydrogens (tertiary/aromatic N) is 1. The lowest BCUT2D eigenvalue weighted by atomic mass is 9.91. The molecule has 0 atom stereocenters. The van der Waals surface area contributed by atoms with Crippen LogP contribution in [0, 0.1) is 0 Å². The second kappa shape index (κ2) is 7.24. The summed E-state index contributed by atoms with van der Waals surface area (Å²) in [6, 6.07) is -0.0531. The van der Waals surface area contributed by atoms with E-state index in [1.807, 2.05) is 4.90 Å².